The van der Waals surface area contributed by atoms with Crippen LogP contribution in [0.2, 0.25) is 0 Å². The van der Waals surface area contributed by atoms with Crippen molar-refractivity contribution < 1.29 is 9.53 Å². The molecule has 1 N–H and O–H groups in total. The lowest BCUT2D eigenvalue weighted by Gasteiger charge is -2.35. The molecule has 2 aromatic rings. The molecule has 0 saturated carbocycles. The van der Waals surface area contributed by atoms with Crippen LogP contribution in [-0.4, -0.2) is 35.5 Å². The Bertz CT molecular complexity index is 877. The molecule has 1 atom stereocenters. The Labute approximate surface area is 214 Å². The van der Waals surface area contributed by atoms with Crippen molar-refractivity contribution in [2.75, 3.05) is 13.1 Å². The lowest BCUT2D eigenvalue weighted by Crippen LogP contribution is -2.54. The van der Waals surface area contributed by atoms with Crippen LogP contribution in [0.1, 0.15) is 79.4 Å². The van der Waals surface area contributed by atoms with Crippen molar-refractivity contribution in [1.82, 2.24) is 10.2 Å². The Kier molecular flexibility index (Phi) is 10.8. The van der Waals surface area contributed by atoms with E-state index in [1.807, 2.05) is 30.3 Å². The normalized spacial score (nSPS) is 13.2. The van der Waals surface area contributed by atoms with Gasteiger partial charge in [-0.1, -0.05) is 77.1 Å². The van der Waals surface area contributed by atoms with Crippen LogP contribution in [0, 0.1) is 11.3 Å². The molecular formula is C31H48N2O2. The van der Waals surface area contributed by atoms with Gasteiger partial charge in [-0.05, 0) is 87.7 Å². The van der Waals surface area contributed by atoms with Crippen molar-refractivity contribution >= 4 is 5.91 Å². The monoisotopic (exact) mass is 480 g/mol. The molecule has 0 spiro atoms. The number of nitrogens with one attached hydrogen (secondary N) is 1. The molecule has 0 radical (unpaired) electrons. The molecule has 0 heterocycles. The second kappa shape index (κ2) is 13.1. The van der Waals surface area contributed by atoms with Gasteiger partial charge in [0.1, 0.15) is 12.4 Å². The highest BCUT2D eigenvalue weighted by atomic mass is 16.5. The molecular weight excluding hydrogens is 432 g/mol. The molecule has 0 aliphatic rings. The quantitative estimate of drug-likeness (QED) is 0.360. The molecule has 4 heteroatoms. The predicted octanol–water partition coefficient (Wildman–Crippen LogP) is 6.88. The van der Waals surface area contributed by atoms with E-state index < -0.39 is 0 Å². The minimum atomic E-state index is -0.266. The number of ether oxygens (including phenoxy) is 1. The van der Waals surface area contributed by atoms with Gasteiger partial charge in [0.15, 0.2) is 0 Å². The maximum atomic E-state index is 13.5. The topological polar surface area (TPSA) is 41.6 Å². The zero-order chi connectivity index (χ0) is 26.1. The average Bonchev–Trinajstić information content (AvgIpc) is 2.76. The van der Waals surface area contributed by atoms with Gasteiger partial charge in [0.25, 0.3) is 0 Å². The van der Waals surface area contributed by atoms with Crippen molar-refractivity contribution in [1.29, 1.82) is 0 Å². The fourth-order valence-electron chi connectivity index (χ4n) is 3.85. The summed E-state index contributed by atoms with van der Waals surface area (Å²) >= 11 is 0. The minimum Gasteiger partial charge on any atom is -0.489 e. The summed E-state index contributed by atoms with van der Waals surface area (Å²) in [6.07, 6.45) is 2.81. The van der Waals surface area contributed by atoms with Crippen molar-refractivity contribution in [3.63, 3.8) is 0 Å². The summed E-state index contributed by atoms with van der Waals surface area (Å²) in [5.41, 5.74) is 2.25. The Morgan fingerprint density at radius 3 is 2.06 bits per heavy atom. The van der Waals surface area contributed by atoms with E-state index in [0.29, 0.717) is 18.9 Å². The van der Waals surface area contributed by atoms with E-state index in [2.05, 4.69) is 89.9 Å². The summed E-state index contributed by atoms with van der Waals surface area (Å²) in [5.74, 6) is 1.55. The van der Waals surface area contributed by atoms with E-state index in [9.17, 15) is 4.79 Å². The zero-order valence-electron chi connectivity index (χ0n) is 23.4. The number of amides is 1. The summed E-state index contributed by atoms with van der Waals surface area (Å²) in [4.78, 5) is 15.9. The first-order valence-corrected chi connectivity index (χ1v) is 13.1. The smallest absolute Gasteiger partial charge is 0.238 e. The van der Waals surface area contributed by atoms with Gasteiger partial charge in [0.05, 0.1) is 6.04 Å². The predicted molar refractivity (Wildman–Crippen MR) is 148 cm³/mol. The van der Waals surface area contributed by atoms with Gasteiger partial charge in [0, 0.05) is 5.54 Å². The van der Waals surface area contributed by atoms with E-state index in [1.165, 1.54) is 0 Å². The van der Waals surface area contributed by atoms with Crippen molar-refractivity contribution in [3.05, 3.63) is 65.7 Å². The highest BCUT2D eigenvalue weighted by molar-refractivity contribution is 5.82. The zero-order valence-corrected chi connectivity index (χ0v) is 23.4. The third-order valence-corrected chi connectivity index (χ3v) is 5.99. The average molecular weight is 481 g/mol. The van der Waals surface area contributed by atoms with Gasteiger partial charge < -0.3 is 10.1 Å². The molecule has 0 fully saturated rings. The van der Waals surface area contributed by atoms with Gasteiger partial charge in [-0.2, -0.15) is 0 Å². The van der Waals surface area contributed by atoms with E-state index in [1.54, 1.807) is 0 Å². The van der Waals surface area contributed by atoms with Crippen LogP contribution in [0.3, 0.4) is 0 Å². The molecule has 2 rings (SSSR count). The molecule has 0 aliphatic carbocycles. The number of hydrogen-bond donors (Lipinski definition) is 1. The molecule has 0 aliphatic heterocycles. The SMILES string of the molecule is CC(C)CCN(CCC(C)(C)C)C(Cc1ccc(OCc2ccccc2)cc1)C(=O)NC(C)(C)C. The first-order chi connectivity index (χ1) is 16.3. The maximum Gasteiger partial charge on any atom is 0.238 e. The van der Waals surface area contributed by atoms with E-state index in [0.717, 1.165) is 42.8 Å². The van der Waals surface area contributed by atoms with Crippen LogP contribution in [0.4, 0.5) is 0 Å². The van der Waals surface area contributed by atoms with Crippen molar-refractivity contribution in [3.8, 4) is 5.75 Å². The van der Waals surface area contributed by atoms with E-state index >= 15 is 0 Å². The summed E-state index contributed by atoms with van der Waals surface area (Å²) < 4.78 is 5.96. The Morgan fingerprint density at radius 1 is 0.886 bits per heavy atom. The second-order valence-electron chi connectivity index (χ2n) is 12.4. The summed E-state index contributed by atoms with van der Waals surface area (Å²) in [6.45, 7) is 19.8. The minimum absolute atomic E-state index is 0.111. The second-order valence-corrected chi connectivity index (χ2v) is 12.4. The number of carbonyl (C=O) groups is 1. The standard InChI is InChI=1S/C31H48N2O2/c1-24(2)18-20-33(21-19-30(3,4)5)28(29(34)32-31(6,7)8)22-25-14-16-27(17-15-25)35-23-26-12-10-9-11-13-26/h9-17,24,28H,18-23H2,1-8H3,(H,32,34). The molecule has 4 nitrogen and oxygen atoms in total. The Morgan fingerprint density at radius 2 is 1.51 bits per heavy atom. The number of carbonyl (C=O) groups excluding carboxylic acids is 1. The fourth-order valence-corrected chi connectivity index (χ4v) is 3.85. The van der Waals surface area contributed by atoms with E-state index in [-0.39, 0.29) is 22.9 Å². The molecule has 2 aromatic carbocycles. The first kappa shape index (κ1) is 28.9. The van der Waals surface area contributed by atoms with Crippen LogP contribution >= 0.6 is 0 Å². The van der Waals surface area contributed by atoms with Crippen LogP contribution in [0.15, 0.2) is 54.6 Å². The van der Waals surface area contributed by atoms with Crippen molar-refractivity contribution in [2.45, 2.75) is 92.8 Å². The van der Waals surface area contributed by atoms with Crippen LogP contribution in [0.25, 0.3) is 0 Å². The first-order valence-electron chi connectivity index (χ1n) is 13.1. The summed E-state index contributed by atoms with van der Waals surface area (Å²) in [7, 11) is 0. The largest absolute Gasteiger partial charge is 0.489 e. The number of nitrogens with zero attached hydrogens (tertiary/aromatic N) is 1. The highest BCUT2D eigenvalue weighted by Crippen LogP contribution is 2.23. The third kappa shape index (κ3) is 11.8. The Balaban J connectivity index is 2.18. The summed E-state index contributed by atoms with van der Waals surface area (Å²) in [5, 5.41) is 3.25. The van der Waals surface area contributed by atoms with E-state index in [4.69, 9.17) is 4.74 Å². The van der Waals surface area contributed by atoms with Crippen LogP contribution in [-0.2, 0) is 17.8 Å². The number of rotatable bonds is 12. The number of benzene rings is 2. The van der Waals surface area contributed by atoms with Gasteiger partial charge in [-0.25, -0.2) is 0 Å². The molecule has 1 unspecified atom stereocenters. The third-order valence-electron chi connectivity index (χ3n) is 5.99. The molecule has 35 heavy (non-hydrogen) atoms. The van der Waals surface area contributed by atoms with Gasteiger partial charge in [0.2, 0.25) is 5.91 Å². The highest BCUT2D eigenvalue weighted by Gasteiger charge is 2.29. The Hall–Kier alpha value is -2.33. The molecule has 1 amide bonds. The summed E-state index contributed by atoms with van der Waals surface area (Å²) in [6, 6.07) is 18.2. The fraction of sp³-hybridized carbons (Fsp3) is 0.581. The molecule has 0 aromatic heterocycles. The maximum absolute atomic E-state index is 13.5. The molecule has 0 saturated heterocycles. The van der Waals surface area contributed by atoms with Gasteiger partial charge >= 0.3 is 0 Å². The molecule has 194 valence electrons. The van der Waals surface area contributed by atoms with Crippen LogP contribution < -0.4 is 10.1 Å². The van der Waals surface area contributed by atoms with Gasteiger partial charge in [-0.15, -0.1) is 0 Å². The van der Waals surface area contributed by atoms with Crippen LogP contribution in [0.5, 0.6) is 5.75 Å². The lowest BCUT2D eigenvalue weighted by atomic mass is 9.91. The molecule has 0 bridgehead atoms. The van der Waals surface area contributed by atoms with Crippen molar-refractivity contribution in [2.24, 2.45) is 11.3 Å². The lowest BCUT2D eigenvalue weighted by molar-refractivity contribution is -0.128. The number of hydrogen-bond acceptors (Lipinski definition) is 3. The van der Waals surface area contributed by atoms with Gasteiger partial charge in [-0.3, -0.25) is 9.69 Å².